The Morgan fingerprint density at radius 3 is 2.37 bits per heavy atom. The van der Waals surface area contributed by atoms with Crippen LogP contribution in [0.2, 0.25) is 0 Å². The molecule has 144 valence electrons. The van der Waals surface area contributed by atoms with Gasteiger partial charge >= 0.3 is 12.6 Å². The topological polar surface area (TPSA) is 73.9 Å². The van der Waals surface area contributed by atoms with Gasteiger partial charge in [0.25, 0.3) is 5.91 Å². The van der Waals surface area contributed by atoms with Gasteiger partial charge in [0, 0.05) is 0 Å². The number of esters is 1. The third-order valence-corrected chi connectivity index (χ3v) is 3.44. The molecule has 0 bridgehead atoms. The number of amides is 1. The average molecular weight is 379 g/mol. The van der Waals surface area contributed by atoms with Gasteiger partial charge in [0.2, 0.25) is 0 Å². The Bertz CT molecular complexity index is 782. The first kappa shape index (κ1) is 20.2. The van der Waals surface area contributed by atoms with Crippen LogP contribution < -0.4 is 14.8 Å². The van der Waals surface area contributed by atoms with Crippen LogP contribution in [-0.2, 0) is 20.7 Å². The number of para-hydroxylation sites is 3. The lowest BCUT2D eigenvalue weighted by Crippen LogP contribution is -2.24. The van der Waals surface area contributed by atoms with Crippen molar-refractivity contribution < 1.29 is 32.6 Å². The second-order valence-corrected chi connectivity index (χ2v) is 5.33. The van der Waals surface area contributed by atoms with E-state index < -0.39 is 25.1 Å². The third-order valence-electron chi connectivity index (χ3n) is 3.44. The summed E-state index contributed by atoms with van der Waals surface area (Å²) in [6.07, 6.45) is 0.744. The predicted octanol–water partition coefficient (Wildman–Crippen LogP) is 3.41. The number of carbonyl (C=O) groups is 2. The molecule has 8 heteroatoms. The van der Waals surface area contributed by atoms with Gasteiger partial charge in [0.1, 0.15) is 11.5 Å². The molecule has 2 rings (SSSR count). The largest absolute Gasteiger partial charge is 0.482 e. The van der Waals surface area contributed by atoms with Gasteiger partial charge in [-0.15, -0.1) is 0 Å². The molecule has 0 saturated heterocycles. The SMILES string of the molecule is CCc1ccccc1OCC(=O)OCC(=O)Nc1ccccc1OC(F)F. The molecule has 0 aliphatic rings. The minimum Gasteiger partial charge on any atom is -0.482 e. The molecule has 1 amide bonds. The van der Waals surface area contributed by atoms with Crippen molar-refractivity contribution in [3.05, 3.63) is 54.1 Å². The van der Waals surface area contributed by atoms with Gasteiger partial charge in [0.05, 0.1) is 5.69 Å². The van der Waals surface area contributed by atoms with E-state index in [1.165, 1.54) is 18.2 Å². The van der Waals surface area contributed by atoms with Crippen LogP contribution in [0, 0.1) is 0 Å². The number of nitrogens with one attached hydrogen (secondary N) is 1. The molecular weight excluding hydrogens is 360 g/mol. The molecule has 0 heterocycles. The van der Waals surface area contributed by atoms with Crippen LogP contribution in [0.25, 0.3) is 0 Å². The Balaban J connectivity index is 1.81. The summed E-state index contributed by atoms with van der Waals surface area (Å²) in [7, 11) is 0. The van der Waals surface area contributed by atoms with Crippen molar-refractivity contribution in [2.45, 2.75) is 20.0 Å². The van der Waals surface area contributed by atoms with Gasteiger partial charge in [-0.05, 0) is 30.2 Å². The highest BCUT2D eigenvalue weighted by molar-refractivity contribution is 5.94. The van der Waals surface area contributed by atoms with Gasteiger partial charge in [-0.25, -0.2) is 4.79 Å². The summed E-state index contributed by atoms with van der Waals surface area (Å²) in [6, 6.07) is 13.0. The van der Waals surface area contributed by atoms with Crippen LogP contribution in [0.15, 0.2) is 48.5 Å². The van der Waals surface area contributed by atoms with Gasteiger partial charge in [-0.1, -0.05) is 37.3 Å². The van der Waals surface area contributed by atoms with Crippen molar-refractivity contribution in [1.82, 2.24) is 0 Å². The molecule has 0 aliphatic heterocycles. The molecule has 0 spiro atoms. The summed E-state index contributed by atoms with van der Waals surface area (Å²) in [4.78, 5) is 23.6. The van der Waals surface area contributed by atoms with Crippen LogP contribution in [-0.4, -0.2) is 31.7 Å². The standard InChI is InChI=1S/C19H19F2NO5/c1-2-13-7-3-5-9-15(13)25-12-18(24)26-11-17(23)22-14-8-4-6-10-16(14)27-19(20)21/h3-10,19H,2,11-12H2,1H3,(H,22,23). The molecule has 2 aromatic carbocycles. The normalized spacial score (nSPS) is 10.4. The number of carbonyl (C=O) groups excluding carboxylic acids is 2. The molecule has 0 saturated carbocycles. The maximum absolute atomic E-state index is 12.4. The number of halogens is 2. The van der Waals surface area contributed by atoms with Crippen molar-refractivity contribution >= 4 is 17.6 Å². The van der Waals surface area contributed by atoms with Crippen LogP contribution in [0.1, 0.15) is 12.5 Å². The number of hydrogen-bond acceptors (Lipinski definition) is 5. The minimum atomic E-state index is -3.02. The third kappa shape index (κ3) is 6.58. The lowest BCUT2D eigenvalue weighted by atomic mass is 10.1. The maximum Gasteiger partial charge on any atom is 0.387 e. The first-order valence-electron chi connectivity index (χ1n) is 8.19. The number of hydrogen-bond donors (Lipinski definition) is 1. The number of benzene rings is 2. The molecule has 0 fully saturated rings. The highest BCUT2D eigenvalue weighted by Crippen LogP contribution is 2.25. The highest BCUT2D eigenvalue weighted by Gasteiger charge is 2.13. The fourth-order valence-corrected chi connectivity index (χ4v) is 2.22. The van der Waals surface area contributed by atoms with Crippen molar-refractivity contribution in [1.29, 1.82) is 0 Å². The summed E-state index contributed by atoms with van der Waals surface area (Å²) >= 11 is 0. The Hall–Kier alpha value is -3.16. The zero-order valence-corrected chi connectivity index (χ0v) is 14.6. The Labute approximate surface area is 155 Å². The van der Waals surface area contributed by atoms with Crippen LogP contribution in [0.4, 0.5) is 14.5 Å². The van der Waals surface area contributed by atoms with E-state index in [9.17, 15) is 18.4 Å². The molecule has 27 heavy (non-hydrogen) atoms. The zero-order valence-electron chi connectivity index (χ0n) is 14.6. The number of rotatable bonds is 9. The van der Waals surface area contributed by atoms with Crippen LogP contribution in [0.3, 0.4) is 0 Å². The summed E-state index contributed by atoms with van der Waals surface area (Å²) < 4.78 is 39.2. The maximum atomic E-state index is 12.4. The Morgan fingerprint density at radius 1 is 1.00 bits per heavy atom. The molecule has 0 atom stereocenters. The van der Waals surface area contributed by atoms with E-state index in [0.29, 0.717) is 5.75 Å². The number of ether oxygens (including phenoxy) is 3. The molecule has 6 nitrogen and oxygen atoms in total. The molecule has 2 aromatic rings. The van der Waals surface area contributed by atoms with E-state index in [-0.39, 0.29) is 18.0 Å². The fraction of sp³-hybridized carbons (Fsp3) is 0.263. The summed E-state index contributed by atoms with van der Waals surface area (Å²) in [6.45, 7) is -2.00. The lowest BCUT2D eigenvalue weighted by molar-refractivity contribution is -0.149. The summed E-state index contributed by atoms with van der Waals surface area (Å²) in [5.41, 5.74) is 0.991. The molecular formula is C19H19F2NO5. The summed E-state index contributed by atoms with van der Waals surface area (Å²) in [5.74, 6) is -1.04. The quantitative estimate of drug-likeness (QED) is 0.676. The van der Waals surface area contributed by atoms with Crippen molar-refractivity contribution in [3.8, 4) is 11.5 Å². The van der Waals surface area contributed by atoms with Crippen LogP contribution >= 0.6 is 0 Å². The van der Waals surface area contributed by atoms with E-state index in [1.54, 1.807) is 18.2 Å². The smallest absolute Gasteiger partial charge is 0.387 e. The van der Waals surface area contributed by atoms with E-state index in [0.717, 1.165) is 12.0 Å². The van der Waals surface area contributed by atoms with Gasteiger partial charge < -0.3 is 19.5 Å². The highest BCUT2D eigenvalue weighted by atomic mass is 19.3. The predicted molar refractivity (Wildman–Crippen MR) is 94.0 cm³/mol. The van der Waals surface area contributed by atoms with E-state index >= 15 is 0 Å². The Kier molecular flexibility index (Phi) is 7.54. The first-order chi connectivity index (χ1) is 13.0. The monoisotopic (exact) mass is 379 g/mol. The number of anilines is 1. The molecule has 1 N–H and O–H groups in total. The first-order valence-corrected chi connectivity index (χ1v) is 8.19. The molecule has 0 radical (unpaired) electrons. The van der Waals surface area contributed by atoms with Gasteiger partial charge in [-0.2, -0.15) is 8.78 Å². The molecule has 0 aliphatic carbocycles. The minimum absolute atomic E-state index is 0.0481. The van der Waals surface area contributed by atoms with Gasteiger partial charge in [0.15, 0.2) is 13.2 Å². The van der Waals surface area contributed by atoms with E-state index in [2.05, 4.69) is 10.1 Å². The molecule has 0 aromatic heterocycles. The Morgan fingerprint density at radius 2 is 1.67 bits per heavy atom. The average Bonchev–Trinajstić information content (AvgIpc) is 2.66. The van der Waals surface area contributed by atoms with Crippen LogP contribution in [0.5, 0.6) is 11.5 Å². The number of alkyl halides is 2. The van der Waals surface area contributed by atoms with Gasteiger partial charge in [-0.3, -0.25) is 4.79 Å². The second-order valence-electron chi connectivity index (χ2n) is 5.33. The fourth-order valence-electron chi connectivity index (χ4n) is 2.22. The number of aryl methyl sites for hydroxylation is 1. The second kappa shape index (κ2) is 10.1. The van der Waals surface area contributed by atoms with Crippen molar-refractivity contribution in [2.24, 2.45) is 0 Å². The van der Waals surface area contributed by atoms with Crippen molar-refractivity contribution in [2.75, 3.05) is 18.5 Å². The van der Waals surface area contributed by atoms with E-state index in [4.69, 9.17) is 9.47 Å². The lowest BCUT2D eigenvalue weighted by Gasteiger charge is -2.12. The molecule has 0 unspecified atom stereocenters. The van der Waals surface area contributed by atoms with E-state index in [1.807, 2.05) is 19.1 Å². The zero-order chi connectivity index (χ0) is 19.6. The van der Waals surface area contributed by atoms with Crippen molar-refractivity contribution in [3.63, 3.8) is 0 Å². The summed E-state index contributed by atoms with van der Waals surface area (Å²) in [5, 5.41) is 2.35.